The molecule has 0 aromatic heterocycles. The molecule has 1 N–H and O–H groups in total. The molecule has 0 saturated carbocycles. The Morgan fingerprint density at radius 2 is 2.00 bits per heavy atom. The summed E-state index contributed by atoms with van der Waals surface area (Å²) in [4.78, 5) is 0. The van der Waals surface area contributed by atoms with Crippen LogP contribution >= 0.6 is 15.9 Å². The fourth-order valence-electron chi connectivity index (χ4n) is 2.11. The summed E-state index contributed by atoms with van der Waals surface area (Å²) in [6.45, 7) is 1.71. The van der Waals surface area contributed by atoms with Crippen molar-refractivity contribution in [3.8, 4) is 5.75 Å². The van der Waals surface area contributed by atoms with Crippen molar-refractivity contribution in [3.63, 3.8) is 0 Å². The average molecular weight is 339 g/mol. The van der Waals surface area contributed by atoms with Gasteiger partial charge in [0.05, 0.1) is 12.7 Å². The first-order valence-corrected chi connectivity index (χ1v) is 7.02. The van der Waals surface area contributed by atoms with Gasteiger partial charge in [-0.25, -0.2) is 4.39 Å². The van der Waals surface area contributed by atoms with Crippen molar-refractivity contribution < 1.29 is 14.2 Å². The second kappa shape index (κ2) is 5.94. The van der Waals surface area contributed by atoms with Gasteiger partial charge in [0.25, 0.3) is 0 Å². The van der Waals surface area contributed by atoms with E-state index in [1.165, 1.54) is 12.1 Å². The Hall–Kier alpha value is -1.39. The first-order valence-electron chi connectivity index (χ1n) is 6.23. The van der Waals surface area contributed by atoms with Gasteiger partial charge in [0, 0.05) is 10.9 Å². The predicted octanol–water partition coefficient (Wildman–Crippen LogP) is 4.05. The van der Waals surface area contributed by atoms with Gasteiger partial charge in [-0.3, -0.25) is 0 Å². The van der Waals surface area contributed by atoms with Crippen molar-refractivity contribution in [3.05, 3.63) is 63.9 Å². The maximum absolute atomic E-state index is 13.3. The lowest BCUT2D eigenvalue weighted by Crippen LogP contribution is -2.24. The SMILES string of the molecule is COc1cccc(C(C)(O)Cc2cc(F)ccc2Br)c1. The second-order valence-corrected chi connectivity index (χ2v) is 5.77. The van der Waals surface area contributed by atoms with Gasteiger partial charge in [0.1, 0.15) is 11.6 Å². The first-order chi connectivity index (χ1) is 9.42. The van der Waals surface area contributed by atoms with Crippen LogP contribution in [-0.2, 0) is 12.0 Å². The molecule has 0 aliphatic carbocycles. The molecule has 0 amide bonds. The van der Waals surface area contributed by atoms with E-state index in [-0.39, 0.29) is 5.82 Å². The quantitative estimate of drug-likeness (QED) is 0.911. The molecule has 0 radical (unpaired) electrons. The summed E-state index contributed by atoms with van der Waals surface area (Å²) in [5.41, 5.74) is 0.344. The number of halogens is 2. The van der Waals surface area contributed by atoms with Crippen LogP contribution < -0.4 is 4.74 Å². The third-order valence-electron chi connectivity index (χ3n) is 3.23. The molecule has 0 aliphatic heterocycles. The van der Waals surface area contributed by atoms with E-state index >= 15 is 0 Å². The fraction of sp³-hybridized carbons (Fsp3) is 0.250. The van der Waals surface area contributed by atoms with Gasteiger partial charge in [-0.15, -0.1) is 0 Å². The molecule has 2 aromatic carbocycles. The number of benzene rings is 2. The van der Waals surface area contributed by atoms with Crippen molar-refractivity contribution in [1.82, 2.24) is 0 Å². The van der Waals surface area contributed by atoms with Gasteiger partial charge in [-0.05, 0) is 48.4 Å². The third kappa shape index (κ3) is 3.38. The topological polar surface area (TPSA) is 29.5 Å². The molecule has 0 saturated heterocycles. The van der Waals surface area contributed by atoms with E-state index in [9.17, 15) is 9.50 Å². The predicted molar refractivity (Wildman–Crippen MR) is 80.4 cm³/mol. The summed E-state index contributed by atoms with van der Waals surface area (Å²) < 4.78 is 19.3. The molecule has 106 valence electrons. The van der Waals surface area contributed by atoms with E-state index in [0.717, 1.165) is 15.6 Å². The van der Waals surface area contributed by atoms with Gasteiger partial charge in [0.2, 0.25) is 0 Å². The van der Waals surface area contributed by atoms with Crippen LogP contribution in [0.4, 0.5) is 4.39 Å². The minimum absolute atomic E-state index is 0.304. The van der Waals surface area contributed by atoms with E-state index < -0.39 is 5.60 Å². The molecule has 0 heterocycles. The molecule has 0 aliphatic rings. The van der Waals surface area contributed by atoms with Crippen LogP contribution in [0.5, 0.6) is 5.75 Å². The Morgan fingerprint density at radius 3 is 2.70 bits per heavy atom. The van der Waals surface area contributed by atoms with Crippen molar-refractivity contribution in [2.45, 2.75) is 18.9 Å². The van der Waals surface area contributed by atoms with Crippen LogP contribution in [0.1, 0.15) is 18.1 Å². The first kappa shape index (κ1) is 15.0. The Morgan fingerprint density at radius 1 is 1.25 bits per heavy atom. The number of rotatable bonds is 4. The lowest BCUT2D eigenvalue weighted by molar-refractivity contribution is 0.0571. The highest BCUT2D eigenvalue weighted by Gasteiger charge is 2.25. The van der Waals surface area contributed by atoms with E-state index in [2.05, 4.69) is 15.9 Å². The maximum atomic E-state index is 13.3. The zero-order valence-electron chi connectivity index (χ0n) is 11.4. The molecular weight excluding hydrogens is 323 g/mol. The lowest BCUT2D eigenvalue weighted by atomic mass is 9.89. The number of ether oxygens (including phenoxy) is 1. The Balaban J connectivity index is 2.32. The minimum atomic E-state index is -1.11. The van der Waals surface area contributed by atoms with Gasteiger partial charge in [-0.2, -0.15) is 0 Å². The monoisotopic (exact) mass is 338 g/mol. The number of hydrogen-bond donors (Lipinski definition) is 1. The molecule has 1 unspecified atom stereocenters. The van der Waals surface area contributed by atoms with Crippen molar-refractivity contribution >= 4 is 15.9 Å². The number of aliphatic hydroxyl groups is 1. The summed E-state index contributed by atoms with van der Waals surface area (Å²) in [5.74, 6) is 0.366. The summed E-state index contributed by atoms with van der Waals surface area (Å²) in [5, 5.41) is 10.7. The normalized spacial score (nSPS) is 13.8. The largest absolute Gasteiger partial charge is 0.497 e. The summed E-state index contributed by atoms with van der Waals surface area (Å²) in [6, 6.07) is 11.7. The maximum Gasteiger partial charge on any atom is 0.123 e. The molecule has 2 nitrogen and oxygen atoms in total. The number of methoxy groups -OCH3 is 1. The van der Waals surface area contributed by atoms with Gasteiger partial charge < -0.3 is 9.84 Å². The highest BCUT2D eigenvalue weighted by Crippen LogP contribution is 2.30. The molecule has 2 aromatic rings. The highest BCUT2D eigenvalue weighted by atomic mass is 79.9. The third-order valence-corrected chi connectivity index (χ3v) is 4.01. The highest BCUT2D eigenvalue weighted by molar-refractivity contribution is 9.10. The van der Waals surface area contributed by atoms with Crippen molar-refractivity contribution in [2.75, 3.05) is 7.11 Å². The molecule has 0 spiro atoms. The molecule has 2 rings (SSSR count). The van der Waals surface area contributed by atoms with E-state index in [4.69, 9.17) is 4.74 Å². The number of hydrogen-bond acceptors (Lipinski definition) is 2. The Kier molecular flexibility index (Phi) is 4.45. The zero-order valence-corrected chi connectivity index (χ0v) is 12.9. The smallest absolute Gasteiger partial charge is 0.123 e. The summed E-state index contributed by atoms with van der Waals surface area (Å²) in [7, 11) is 1.58. The summed E-state index contributed by atoms with van der Waals surface area (Å²) in [6.07, 6.45) is 0.304. The van der Waals surface area contributed by atoms with Crippen LogP contribution in [-0.4, -0.2) is 12.2 Å². The Bertz CT molecular complexity index is 611. The van der Waals surface area contributed by atoms with Crippen LogP contribution in [0.2, 0.25) is 0 Å². The molecular formula is C16H16BrFO2. The Labute approximate surface area is 126 Å². The zero-order chi connectivity index (χ0) is 14.8. The summed E-state index contributed by atoms with van der Waals surface area (Å²) >= 11 is 3.38. The molecule has 20 heavy (non-hydrogen) atoms. The second-order valence-electron chi connectivity index (χ2n) is 4.92. The lowest BCUT2D eigenvalue weighted by Gasteiger charge is -2.25. The van der Waals surface area contributed by atoms with E-state index in [1.807, 2.05) is 18.2 Å². The molecule has 4 heteroatoms. The van der Waals surface area contributed by atoms with Gasteiger partial charge in [0.15, 0.2) is 0 Å². The van der Waals surface area contributed by atoms with Crippen molar-refractivity contribution in [1.29, 1.82) is 0 Å². The standard InChI is InChI=1S/C16H16BrFO2/c1-16(19,12-4-3-5-14(9-12)20-2)10-11-8-13(18)6-7-15(11)17/h3-9,19H,10H2,1-2H3. The van der Waals surface area contributed by atoms with Crippen LogP contribution in [0.3, 0.4) is 0 Å². The molecule has 0 bridgehead atoms. The van der Waals surface area contributed by atoms with Crippen LogP contribution in [0.15, 0.2) is 46.9 Å². The van der Waals surface area contributed by atoms with Crippen LogP contribution in [0, 0.1) is 5.82 Å². The van der Waals surface area contributed by atoms with E-state index in [1.54, 1.807) is 26.2 Å². The minimum Gasteiger partial charge on any atom is -0.497 e. The molecule has 0 fully saturated rings. The fourth-order valence-corrected chi connectivity index (χ4v) is 2.50. The van der Waals surface area contributed by atoms with Crippen LogP contribution in [0.25, 0.3) is 0 Å². The van der Waals surface area contributed by atoms with E-state index in [0.29, 0.717) is 12.2 Å². The molecule has 1 atom stereocenters. The van der Waals surface area contributed by atoms with Gasteiger partial charge in [-0.1, -0.05) is 28.1 Å². The average Bonchev–Trinajstić information content (AvgIpc) is 2.43. The van der Waals surface area contributed by atoms with Gasteiger partial charge >= 0.3 is 0 Å². The van der Waals surface area contributed by atoms with Crippen molar-refractivity contribution in [2.24, 2.45) is 0 Å².